The van der Waals surface area contributed by atoms with Crippen molar-refractivity contribution in [3.63, 3.8) is 0 Å². The lowest BCUT2D eigenvalue weighted by atomic mass is 10.2. The normalized spacial score (nSPS) is 12.7. The van der Waals surface area contributed by atoms with Crippen LogP contribution in [0.25, 0.3) is 0 Å². The van der Waals surface area contributed by atoms with Crippen LogP contribution in [0.5, 0.6) is 0 Å². The summed E-state index contributed by atoms with van der Waals surface area (Å²) >= 11 is 0. The quantitative estimate of drug-likeness (QED) is 0.679. The van der Waals surface area contributed by atoms with Gasteiger partial charge in [-0.1, -0.05) is 6.08 Å². The van der Waals surface area contributed by atoms with Crippen molar-refractivity contribution in [3.05, 3.63) is 36.8 Å². The number of allylic oxidation sites excluding steroid dienone is 1. The summed E-state index contributed by atoms with van der Waals surface area (Å²) in [4.78, 5) is 0. The number of nitrogens with one attached hydrogen (secondary N) is 1. The van der Waals surface area contributed by atoms with Crippen LogP contribution in [-0.2, 0) is 6.54 Å². The first kappa shape index (κ1) is 10.1. The Labute approximate surface area is 79.6 Å². The third kappa shape index (κ3) is 3.95. The molecule has 1 heterocycles. The highest BCUT2D eigenvalue weighted by molar-refractivity contribution is 5.04. The molecule has 0 saturated heterocycles. The van der Waals surface area contributed by atoms with Gasteiger partial charge in [-0.15, -0.1) is 6.58 Å². The average molecular weight is 179 g/mol. The molecule has 2 heteroatoms. The van der Waals surface area contributed by atoms with Crippen molar-refractivity contribution in [1.29, 1.82) is 0 Å². The minimum Gasteiger partial charge on any atom is -0.472 e. The highest BCUT2D eigenvalue weighted by Gasteiger charge is 2.00. The Morgan fingerprint density at radius 3 is 3.15 bits per heavy atom. The molecule has 1 N–H and O–H groups in total. The Balaban J connectivity index is 2.15. The fraction of sp³-hybridized carbons (Fsp3) is 0.455. The van der Waals surface area contributed by atoms with Crippen molar-refractivity contribution in [2.24, 2.45) is 0 Å². The van der Waals surface area contributed by atoms with Crippen molar-refractivity contribution in [2.75, 3.05) is 0 Å². The molecule has 1 aromatic heterocycles. The second-order valence-corrected chi connectivity index (χ2v) is 3.28. The Morgan fingerprint density at radius 1 is 1.69 bits per heavy atom. The Morgan fingerprint density at radius 2 is 2.54 bits per heavy atom. The fourth-order valence-corrected chi connectivity index (χ4v) is 1.16. The van der Waals surface area contributed by atoms with E-state index >= 15 is 0 Å². The van der Waals surface area contributed by atoms with Crippen molar-refractivity contribution < 1.29 is 4.42 Å². The highest BCUT2D eigenvalue weighted by Crippen LogP contribution is 2.02. The summed E-state index contributed by atoms with van der Waals surface area (Å²) in [5.41, 5.74) is 1.20. The number of hydrogen-bond acceptors (Lipinski definition) is 2. The molecule has 2 nitrogen and oxygen atoms in total. The lowest BCUT2D eigenvalue weighted by Crippen LogP contribution is -2.24. The molecule has 1 unspecified atom stereocenters. The van der Waals surface area contributed by atoms with Crippen LogP contribution in [0.1, 0.15) is 25.3 Å². The van der Waals surface area contributed by atoms with Gasteiger partial charge in [-0.3, -0.25) is 0 Å². The standard InChI is InChI=1S/C11H17NO/c1-3-4-5-10(2)12-8-11-6-7-13-9-11/h3,6-7,9-10,12H,1,4-5,8H2,2H3. The zero-order valence-corrected chi connectivity index (χ0v) is 8.12. The van der Waals surface area contributed by atoms with Crippen LogP contribution in [0.15, 0.2) is 35.7 Å². The van der Waals surface area contributed by atoms with Gasteiger partial charge >= 0.3 is 0 Å². The van der Waals surface area contributed by atoms with E-state index in [0.717, 1.165) is 19.4 Å². The fourth-order valence-electron chi connectivity index (χ4n) is 1.16. The summed E-state index contributed by atoms with van der Waals surface area (Å²) in [6.45, 7) is 6.77. The molecule has 72 valence electrons. The van der Waals surface area contributed by atoms with Crippen molar-refractivity contribution in [2.45, 2.75) is 32.4 Å². The van der Waals surface area contributed by atoms with Crippen molar-refractivity contribution in [3.8, 4) is 0 Å². The van der Waals surface area contributed by atoms with E-state index in [0.29, 0.717) is 6.04 Å². The van der Waals surface area contributed by atoms with Gasteiger partial charge in [0.05, 0.1) is 12.5 Å². The van der Waals surface area contributed by atoms with Gasteiger partial charge in [-0.05, 0) is 25.8 Å². The van der Waals surface area contributed by atoms with Crippen LogP contribution in [0, 0.1) is 0 Å². The molecule has 0 aliphatic rings. The molecule has 0 amide bonds. The van der Waals surface area contributed by atoms with Gasteiger partial charge in [0, 0.05) is 18.2 Å². The lowest BCUT2D eigenvalue weighted by molar-refractivity contribution is 0.511. The SMILES string of the molecule is C=CCCC(C)NCc1ccoc1. The zero-order chi connectivity index (χ0) is 9.52. The molecule has 0 saturated carbocycles. The van der Waals surface area contributed by atoms with E-state index in [9.17, 15) is 0 Å². The minimum absolute atomic E-state index is 0.535. The summed E-state index contributed by atoms with van der Waals surface area (Å²) in [6.07, 6.45) is 7.63. The molecule has 13 heavy (non-hydrogen) atoms. The number of rotatable bonds is 6. The van der Waals surface area contributed by atoms with Gasteiger partial charge < -0.3 is 9.73 Å². The van der Waals surface area contributed by atoms with E-state index in [2.05, 4.69) is 18.8 Å². The Kier molecular flexibility index (Phi) is 4.33. The van der Waals surface area contributed by atoms with E-state index in [1.165, 1.54) is 5.56 Å². The third-order valence-electron chi connectivity index (χ3n) is 2.04. The molecule has 1 aromatic rings. The molecule has 0 fully saturated rings. The maximum atomic E-state index is 4.97. The van der Waals surface area contributed by atoms with Gasteiger partial charge in [0.2, 0.25) is 0 Å². The van der Waals surface area contributed by atoms with Crippen LogP contribution in [-0.4, -0.2) is 6.04 Å². The molecule has 0 spiro atoms. The van der Waals surface area contributed by atoms with E-state index < -0.39 is 0 Å². The second kappa shape index (κ2) is 5.60. The minimum atomic E-state index is 0.535. The summed E-state index contributed by atoms with van der Waals surface area (Å²) < 4.78 is 4.97. The molecule has 1 atom stereocenters. The topological polar surface area (TPSA) is 25.2 Å². The van der Waals surface area contributed by atoms with Crippen LogP contribution < -0.4 is 5.32 Å². The monoisotopic (exact) mass is 179 g/mol. The predicted molar refractivity (Wildman–Crippen MR) is 54.4 cm³/mol. The number of hydrogen-bond donors (Lipinski definition) is 1. The second-order valence-electron chi connectivity index (χ2n) is 3.28. The first-order valence-corrected chi connectivity index (χ1v) is 4.68. The summed E-state index contributed by atoms with van der Waals surface area (Å²) in [7, 11) is 0. The van der Waals surface area contributed by atoms with Crippen LogP contribution in [0.2, 0.25) is 0 Å². The Hall–Kier alpha value is -1.02. The molecule has 0 aliphatic carbocycles. The molecule has 0 radical (unpaired) electrons. The summed E-state index contributed by atoms with van der Waals surface area (Å²) in [6, 6.07) is 2.51. The van der Waals surface area contributed by atoms with Crippen molar-refractivity contribution in [1.82, 2.24) is 5.32 Å². The van der Waals surface area contributed by atoms with E-state index in [-0.39, 0.29) is 0 Å². The maximum Gasteiger partial charge on any atom is 0.0947 e. The van der Waals surface area contributed by atoms with Gasteiger partial charge in [0.15, 0.2) is 0 Å². The summed E-state index contributed by atoms with van der Waals surface area (Å²) in [5.74, 6) is 0. The van der Waals surface area contributed by atoms with Gasteiger partial charge in [0.1, 0.15) is 0 Å². The first-order valence-electron chi connectivity index (χ1n) is 4.68. The first-order chi connectivity index (χ1) is 6.33. The molecule has 0 aliphatic heterocycles. The van der Waals surface area contributed by atoms with Crippen LogP contribution in [0.4, 0.5) is 0 Å². The number of furan rings is 1. The molecule has 0 aromatic carbocycles. The Bertz CT molecular complexity index is 228. The predicted octanol–water partition coefficient (Wildman–Crippen LogP) is 2.72. The molecular weight excluding hydrogens is 162 g/mol. The van der Waals surface area contributed by atoms with Gasteiger partial charge in [-0.2, -0.15) is 0 Å². The van der Waals surface area contributed by atoms with E-state index in [4.69, 9.17) is 4.42 Å². The third-order valence-corrected chi connectivity index (χ3v) is 2.04. The molecule has 0 bridgehead atoms. The summed E-state index contributed by atoms with van der Waals surface area (Å²) in [5, 5.41) is 3.41. The van der Waals surface area contributed by atoms with E-state index in [1.807, 2.05) is 12.1 Å². The molecular formula is C11H17NO. The lowest BCUT2D eigenvalue weighted by Gasteiger charge is -2.11. The van der Waals surface area contributed by atoms with Crippen LogP contribution in [0.3, 0.4) is 0 Å². The van der Waals surface area contributed by atoms with Gasteiger partial charge in [-0.25, -0.2) is 0 Å². The molecule has 1 rings (SSSR count). The van der Waals surface area contributed by atoms with Crippen molar-refractivity contribution >= 4 is 0 Å². The van der Waals surface area contributed by atoms with Crippen LogP contribution >= 0.6 is 0 Å². The average Bonchev–Trinajstić information content (AvgIpc) is 2.64. The largest absolute Gasteiger partial charge is 0.472 e. The smallest absolute Gasteiger partial charge is 0.0947 e. The highest BCUT2D eigenvalue weighted by atomic mass is 16.3. The van der Waals surface area contributed by atoms with Gasteiger partial charge in [0.25, 0.3) is 0 Å². The van der Waals surface area contributed by atoms with E-state index in [1.54, 1.807) is 12.5 Å². The zero-order valence-electron chi connectivity index (χ0n) is 8.12. The maximum absolute atomic E-state index is 4.97.